The number of ketones is 1. The number of rotatable bonds is 9. The number of benzene rings is 1. The van der Waals surface area contributed by atoms with E-state index >= 15 is 0 Å². The standard InChI is InChI=1S/C34H36O18/c1-14(35)44-12-24-28(46-16(3)37)30(47-17(4)38)31(48-18(5)39)29(49-24)26-22(45-15(2)36)9-8-20-21-10-25(41)34(50-19(6)40)13-33(21,52-27(20)26)11-23(51-34)32(42)43-7/h8-10,23-24,28-31H,11-13H2,1-7H3/t23-,24+,28+,29-,30-,31-,33+,34-/m0/s1. The minimum Gasteiger partial charge on any atom is -0.481 e. The van der Waals surface area contributed by atoms with Crippen molar-refractivity contribution >= 4 is 53.1 Å². The molecule has 0 radical (unpaired) electrons. The quantitative estimate of drug-likeness (QED) is 0.197. The second kappa shape index (κ2) is 14.3. The fourth-order valence-electron chi connectivity index (χ4n) is 6.92. The molecule has 0 unspecified atom stereocenters. The lowest BCUT2D eigenvalue weighted by atomic mass is 9.72. The molecule has 2 bridgehead atoms. The van der Waals surface area contributed by atoms with E-state index in [1.54, 1.807) is 0 Å². The van der Waals surface area contributed by atoms with Crippen LogP contribution < -0.4 is 9.47 Å². The van der Waals surface area contributed by atoms with Crippen LogP contribution in [0.1, 0.15) is 71.6 Å². The summed E-state index contributed by atoms with van der Waals surface area (Å²) in [6.45, 7) is 5.90. The number of methoxy groups -OCH3 is 1. The van der Waals surface area contributed by atoms with Gasteiger partial charge in [0, 0.05) is 59.1 Å². The van der Waals surface area contributed by atoms with E-state index in [-0.39, 0.29) is 34.6 Å². The van der Waals surface area contributed by atoms with E-state index in [4.69, 9.17) is 47.4 Å². The highest BCUT2D eigenvalue weighted by Gasteiger charge is 2.66. The molecule has 0 saturated carbocycles. The number of esters is 7. The maximum Gasteiger partial charge on any atom is 0.335 e. The Kier molecular flexibility index (Phi) is 10.4. The zero-order valence-electron chi connectivity index (χ0n) is 29.2. The molecule has 52 heavy (non-hydrogen) atoms. The van der Waals surface area contributed by atoms with E-state index in [2.05, 4.69) is 0 Å². The third-order valence-corrected chi connectivity index (χ3v) is 8.55. The molecule has 1 aromatic rings. The molecule has 0 amide bonds. The second-order valence-electron chi connectivity index (χ2n) is 12.4. The molecule has 18 nitrogen and oxygen atoms in total. The molecule has 3 aliphatic heterocycles. The van der Waals surface area contributed by atoms with Crippen LogP contribution in [0.4, 0.5) is 0 Å². The van der Waals surface area contributed by atoms with Gasteiger partial charge in [-0.05, 0) is 18.2 Å². The van der Waals surface area contributed by atoms with Gasteiger partial charge in [-0.3, -0.25) is 33.6 Å². The number of ether oxygens (including phenoxy) is 10. The Morgan fingerprint density at radius 2 is 1.44 bits per heavy atom. The van der Waals surface area contributed by atoms with Crippen molar-refractivity contribution in [1.82, 2.24) is 0 Å². The molecule has 1 aromatic carbocycles. The molecule has 1 aliphatic carbocycles. The van der Waals surface area contributed by atoms with Gasteiger partial charge in [0.1, 0.15) is 35.9 Å². The highest BCUT2D eigenvalue weighted by atomic mass is 16.7. The van der Waals surface area contributed by atoms with Crippen molar-refractivity contribution in [2.24, 2.45) is 0 Å². The van der Waals surface area contributed by atoms with E-state index in [1.165, 1.54) is 12.1 Å². The molecule has 5 rings (SSSR count). The monoisotopic (exact) mass is 732 g/mol. The number of fused-ring (bicyclic) bond motifs is 3. The Morgan fingerprint density at radius 1 is 0.808 bits per heavy atom. The average Bonchev–Trinajstić information content (AvgIpc) is 3.31. The van der Waals surface area contributed by atoms with Crippen LogP contribution in [-0.2, 0) is 76.3 Å². The van der Waals surface area contributed by atoms with Crippen molar-refractivity contribution in [3.8, 4) is 11.5 Å². The summed E-state index contributed by atoms with van der Waals surface area (Å²) in [5.74, 6) is -9.37. The highest BCUT2D eigenvalue weighted by molar-refractivity contribution is 6.08. The molecule has 2 fully saturated rings. The smallest absolute Gasteiger partial charge is 0.335 e. The first-order chi connectivity index (χ1) is 24.4. The summed E-state index contributed by atoms with van der Waals surface area (Å²) in [5.41, 5.74) is -1.26. The fourth-order valence-corrected chi connectivity index (χ4v) is 6.92. The zero-order chi connectivity index (χ0) is 38.3. The van der Waals surface area contributed by atoms with E-state index in [0.29, 0.717) is 0 Å². The second-order valence-corrected chi connectivity index (χ2v) is 12.4. The molecule has 280 valence electrons. The van der Waals surface area contributed by atoms with Gasteiger partial charge in [0.15, 0.2) is 24.4 Å². The van der Waals surface area contributed by atoms with Crippen molar-refractivity contribution in [1.29, 1.82) is 0 Å². The van der Waals surface area contributed by atoms with Crippen molar-refractivity contribution in [3.05, 3.63) is 29.3 Å². The molecule has 3 heterocycles. The molecule has 1 spiro atoms. The zero-order valence-corrected chi connectivity index (χ0v) is 29.2. The van der Waals surface area contributed by atoms with Gasteiger partial charge in [0.05, 0.1) is 19.1 Å². The van der Waals surface area contributed by atoms with E-state index < -0.39 is 109 Å². The highest BCUT2D eigenvalue weighted by Crippen LogP contribution is 2.60. The van der Waals surface area contributed by atoms with Gasteiger partial charge in [0.2, 0.25) is 5.78 Å². The lowest BCUT2D eigenvalue weighted by molar-refractivity contribution is -0.273. The molecule has 0 aromatic heterocycles. The van der Waals surface area contributed by atoms with Gasteiger partial charge >= 0.3 is 41.8 Å². The van der Waals surface area contributed by atoms with E-state index in [9.17, 15) is 38.4 Å². The number of hydrogen-bond donors (Lipinski definition) is 0. The summed E-state index contributed by atoms with van der Waals surface area (Å²) < 4.78 is 56.6. The first-order valence-electron chi connectivity index (χ1n) is 16.0. The minimum absolute atomic E-state index is 0.0946. The average molecular weight is 733 g/mol. The van der Waals surface area contributed by atoms with Crippen LogP contribution in [0.25, 0.3) is 5.57 Å². The Bertz CT molecular complexity index is 1760. The van der Waals surface area contributed by atoms with Gasteiger partial charge in [-0.25, -0.2) is 4.79 Å². The first-order valence-corrected chi connectivity index (χ1v) is 16.0. The summed E-state index contributed by atoms with van der Waals surface area (Å²) in [4.78, 5) is 101. The Balaban J connectivity index is 1.75. The lowest BCUT2D eigenvalue weighted by Crippen LogP contribution is -2.63. The molecule has 8 atom stereocenters. The van der Waals surface area contributed by atoms with Gasteiger partial charge in [-0.15, -0.1) is 0 Å². The fraction of sp³-hybridized carbons (Fsp3) is 0.529. The maximum absolute atomic E-state index is 13.7. The summed E-state index contributed by atoms with van der Waals surface area (Å²) in [5, 5.41) is 0. The molecule has 2 saturated heterocycles. The van der Waals surface area contributed by atoms with Crippen LogP contribution in [0.15, 0.2) is 18.2 Å². The van der Waals surface area contributed by atoms with Gasteiger partial charge < -0.3 is 47.4 Å². The van der Waals surface area contributed by atoms with Crippen LogP contribution in [0.5, 0.6) is 11.5 Å². The summed E-state index contributed by atoms with van der Waals surface area (Å²) >= 11 is 0. The Hall–Kier alpha value is -5.36. The largest absolute Gasteiger partial charge is 0.481 e. The van der Waals surface area contributed by atoms with Crippen molar-refractivity contribution in [2.45, 2.75) is 102 Å². The van der Waals surface area contributed by atoms with Gasteiger partial charge in [-0.1, -0.05) is 0 Å². The molecular weight excluding hydrogens is 696 g/mol. The molecule has 4 aliphatic rings. The normalized spacial score (nSPS) is 29.8. The summed E-state index contributed by atoms with van der Waals surface area (Å²) in [7, 11) is 1.10. The molecule has 0 N–H and O–H groups in total. The SMILES string of the molecule is COC(=O)[C@@H]1C[C@@]23C[C@](OC(C)=O)(O1)C(=O)C=C2c1ccc(OC(C)=O)c([C@@H]2O[C@H](COC(C)=O)[C@@H](OC(C)=O)[C@H](OC(C)=O)[C@H]2OC(C)=O)c1O3. The van der Waals surface area contributed by atoms with E-state index in [0.717, 1.165) is 54.7 Å². The third kappa shape index (κ3) is 7.20. The topological polar surface area (TPSA) is 229 Å². The lowest BCUT2D eigenvalue weighted by Gasteiger charge is -2.48. The van der Waals surface area contributed by atoms with E-state index in [1.807, 2.05) is 0 Å². The third-order valence-electron chi connectivity index (χ3n) is 8.55. The minimum atomic E-state index is -2.29. The van der Waals surface area contributed by atoms with Crippen LogP contribution in [0.2, 0.25) is 0 Å². The summed E-state index contributed by atoms with van der Waals surface area (Å²) in [6.07, 6.45) is -8.72. The predicted octanol–water partition coefficient (Wildman–Crippen LogP) is 1.12. The molecular formula is C34H36O18. The van der Waals surface area contributed by atoms with Crippen LogP contribution in [-0.4, -0.2) is 103 Å². The van der Waals surface area contributed by atoms with Crippen LogP contribution in [0.3, 0.4) is 0 Å². The maximum atomic E-state index is 13.7. The number of hydrogen-bond acceptors (Lipinski definition) is 18. The van der Waals surface area contributed by atoms with Crippen LogP contribution >= 0.6 is 0 Å². The predicted molar refractivity (Wildman–Crippen MR) is 166 cm³/mol. The Morgan fingerprint density at radius 3 is 2.02 bits per heavy atom. The van der Waals surface area contributed by atoms with Crippen molar-refractivity contribution in [2.75, 3.05) is 13.7 Å². The number of carbonyl (C=O) groups is 8. The molecule has 18 heteroatoms. The van der Waals surface area contributed by atoms with Crippen molar-refractivity contribution in [3.63, 3.8) is 0 Å². The number of carbonyl (C=O) groups excluding carboxylic acids is 8. The van der Waals surface area contributed by atoms with Crippen LogP contribution in [0, 0.1) is 0 Å². The Labute approximate surface area is 295 Å². The van der Waals surface area contributed by atoms with Gasteiger partial charge in [-0.2, -0.15) is 0 Å². The first kappa shape index (κ1) is 37.9. The van der Waals surface area contributed by atoms with Crippen molar-refractivity contribution < 1.29 is 85.7 Å². The van der Waals surface area contributed by atoms with Gasteiger partial charge in [0.25, 0.3) is 5.79 Å². The summed E-state index contributed by atoms with van der Waals surface area (Å²) in [6, 6.07) is 2.82.